The zero-order chi connectivity index (χ0) is 20.4. The van der Waals surface area contributed by atoms with Gasteiger partial charge >= 0.3 is 0 Å². The second kappa shape index (κ2) is 8.37. The lowest BCUT2D eigenvalue weighted by molar-refractivity contribution is -0.122. The molecule has 1 aromatic carbocycles. The van der Waals surface area contributed by atoms with Gasteiger partial charge in [-0.1, -0.05) is 6.07 Å². The van der Waals surface area contributed by atoms with Gasteiger partial charge in [-0.2, -0.15) is 5.10 Å². The first-order valence-corrected chi connectivity index (χ1v) is 10.3. The van der Waals surface area contributed by atoms with Gasteiger partial charge in [-0.05, 0) is 56.4 Å². The summed E-state index contributed by atoms with van der Waals surface area (Å²) in [6.07, 6.45) is 7.24. The molecule has 0 saturated carbocycles. The molecule has 2 aliphatic rings. The number of carbonyl (C=O) groups is 2. The van der Waals surface area contributed by atoms with Crippen LogP contribution in [0.1, 0.15) is 36.8 Å². The van der Waals surface area contributed by atoms with Crippen LogP contribution in [0.3, 0.4) is 0 Å². The van der Waals surface area contributed by atoms with E-state index in [2.05, 4.69) is 10.4 Å². The van der Waals surface area contributed by atoms with Crippen molar-refractivity contribution in [1.82, 2.24) is 9.78 Å². The van der Waals surface area contributed by atoms with Crippen LogP contribution >= 0.6 is 0 Å². The average Bonchev–Trinajstić information content (AvgIpc) is 3.31. The Kier molecular flexibility index (Phi) is 5.67. The Morgan fingerprint density at radius 1 is 1.28 bits per heavy atom. The van der Waals surface area contributed by atoms with Crippen molar-refractivity contribution < 1.29 is 14.3 Å². The average molecular weight is 396 g/mol. The van der Waals surface area contributed by atoms with Gasteiger partial charge in [0, 0.05) is 31.5 Å². The molecule has 2 atom stereocenters. The minimum Gasteiger partial charge on any atom is -0.376 e. The quantitative estimate of drug-likeness (QED) is 0.843. The minimum atomic E-state index is -0.367. The van der Waals surface area contributed by atoms with E-state index in [9.17, 15) is 9.59 Å². The molecule has 2 amide bonds. The topological polar surface area (TPSA) is 76.5 Å². The van der Waals surface area contributed by atoms with Crippen LogP contribution in [-0.2, 0) is 20.9 Å². The van der Waals surface area contributed by atoms with Gasteiger partial charge in [0.2, 0.25) is 11.8 Å². The molecular weight excluding hydrogens is 368 g/mol. The van der Waals surface area contributed by atoms with E-state index in [1.54, 1.807) is 11.1 Å². The second-order valence-corrected chi connectivity index (χ2v) is 8.10. The molecule has 1 N–H and O–H groups in total. The third-order valence-corrected chi connectivity index (χ3v) is 5.86. The summed E-state index contributed by atoms with van der Waals surface area (Å²) in [6.45, 7) is 5.97. The minimum absolute atomic E-state index is 0.0152. The van der Waals surface area contributed by atoms with Crippen molar-refractivity contribution in [3.8, 4) is 0 Å². The number of benzene rings is 1. The summed E-state index contributed by atoms with van der Waals surface area (Å²) < 4.78 is 7.56. The van der Waals surface area contributed by atoms with Crippen molar-refractivity contribution in [2.75, 3.05) is 23.4 Å². The third-order valence-electron chi connectivity index (χ3n) is 5.86. The molecule has 2 aromatic rings. The number of amides is 2. The van der Waals surface area contributed by atoms with Gasteiger partial charge in [0.15, 0.2) is 0 Å². The number of hydrogen-bond donors (Lipinski definition) is 1. The fourth-order valence-corrected chi connectivity index (χ4v) is 3.96. The Bertz CT molecular complexity index is 901. The molecule has 3 heterocycles. The molecule has 2 aliphatic heterocycles. The molecular formula is C22H28N4O3. The van der Waals surface area contributed by atoms with E-state index in [0.717, 1.165) is 30.7 Å². The molecule has 4 rings (SSSR count). The highest BCUT2D eigenvalue weighted by Gasteiger charge is 2.35. The number of aryl methyl sites for hydroxylation is 2. The number of nitrogens with one attached hydrogen (secondary N) is 1. The molecule has 0 bridgehead atoms. The number of ether oxygens (including phenoxy) is 1. The Morgan fingerprint density at radius 3 is 2.90 bits per heavy atom. The van der Waals surface area contributed by atoms with E-state index in [1.807, 2.05) is 42.9 Å². The Hall–Kier alpha value is -2.67. The first-order chi connectivity index (χ1) is 14.0. The fraction of sp³-hybridized carbons (Fsp3) is 0.500. The predicted octanol–water partition coefficient (Wildman–Crippen LogP) is 3.06. The van der Waals surface area contributed by atoms with Crippen LogP contribution in [0.15, 0.2) is 30.6 Å². The smallest absolute Gasteiger partial charge is 0.229 e. The molecule has 0 aliphatic carbocycles. The summed E-state index contributed by atoms with van der Waals surface area (Å²) in [4.78, 5) is 26.9. The highest BCUT2D eigenvalue weighted by Crippen LogP contribution is 2.27. The third kappa shape index (κ3) is 4.50. The maximum absolute atomic E-state index is 12.7. The van der Waals surface area contributed by atoms with Crippen LogP contribution in [0.25, 0.3) is 0 Å². The summed E-state index contributed by atoms with van der Waals surface area (Å²) in [6, 6.07) is 5.96. The lowest BCUT2D eigenvalue weighted by Gasteiger charge is -2.22. The molecule has 7 heteroatoms. The first kappa shape index (κ1) is 19.6. The zero-order valence-corrected chi connectivity index (χ0v) is 17.1. The van der Waals surface area contributed by atoms with Crippen molar-refractivity contribution in [2.24, 2.45) is 5.92 Å². The number of rotatable bonds is 5. The standard InChI is InChI=1S/C22H28N4O3/c1-15-6-7-19(9-16(15)2)26-12-17(10-21(26)27)22(28)24-18-11-23-25(13-18)14-20-5-3-4-8-29-20/h6-7,9,11,13,17,20H,3-5,8,10,12,14H2,1-2H3,(H,24,28). The van der Waals surface area contributed by atoms with Gasteiger partial charge in [-0.3, -0.25) is 14.3 Å². The molecule has 0 radical (unpaired) electrons. The van der Waals surface area contributed by atoms with Gasteiger partial charge < -0.3 is 15.0 Å². The molecule has 2 unspecified atom stereocenters. The van der Waals surface area contributed by atoms with E-state index in [4.69, 9.17) is 4.74 Å². The van der Waals surface area contributed by atoms with Crippen LogP contribution in [0.4, 0.5) is 11.4 Å². The summed E-state index contributed by atoms with van der Waals surface area (Å²) >= 11 is 0. The highest BCUT2D eigenvalue weighted by molar-refractivity contribution is 6.03. The largest absolute Gasteiger partial charge is 0.376 e. The highest BCUT2D eigenvalue weighted by atomic mass is 16.5. The summed E-state index contributed by atoms with van der Waals surface area (Å²) in [5.41, 5.74) is 3.83. The second-order valence-electron chi connectivity index (χ2n) is 8.10. The monoisotopic (exact) mass is 396 g/mol. The van der Waals surface area contributed by atoms with Crippen LogP contribution < -0.4 is 10.2 Å². The maximum atomic E-state index is 12.7. The number of aromatic nitrogens is 2. The number of carbonyl (C=O) groups excluding carboxylic acids is 2. The summed E-state index contributed by atoms with van der Waals surface area (Å²) in [5.74, 6) is -0.522. The van der Waals surface area contributed by atoms with E-state index in [-0.39, 0.29) is 30.3 Å². The molecule has 154 valence electrons. The predicted molar refractivity (Wildman–Crippen MR) is 111 cm³/mol. The molecule has 7 nitrogen and oxygen atoms in total. The number of anilines is 2. The van der Waals surface area contributed by atoms with Gasteiger partial charge in [0.05, 0.1) is 30.5 Å². The number of hydrogen-bond acceptors (Lipinski definition) is 4. The van der Waals surface area contributed by atoms with Crippen LogP contribution in [0, 0.1) is 19.8 Å². The van der Waals surface area contributed by atoms with Gasteiger partial charge in [-0.25, -0.2) is 0 Å². The van der Waals surface area contributed by atoms with Gasteiger partial charge in [0.1, 0.15) is 0 Å². The van der Waals surface area contributed by atoms with E-state index >= 15 is 0 Å². The number of nitrogens with zero attached hydrogens (tertiary/aromatic N) is 3. The SMILES string of the molecule is Cc1ccc(N2CC(C(=O)Nc3cnn(CC4CCCCO4)c3)CC2=O)cc1C. The van der Waals surface area contributed by atoms with Crippen molar-refractivity contribution in [3.63, 3.8) is 0 Å². The van der Waals surface area contributed by atoms with Gasteiger partial charge in [0.25, 0.3) is 0 Å². The molecule has 2 fully saturated rings. The van der Waals surface area contributed by atoms with Crippen LogP contribution in [0.2, 0.25) is 0 Å². The summed E-state index contributed by atoms with van der Waals surface area (Å²) in [5, 5.41) is 7.24. The van der Waals surface area contributed by atoms with Crippen LogP contribution in [-0.4, -0.2) is 40.9 Å². The Labute approximate surface area is 171 Å². The summed E-state index contributed by atoms with van der Waals surface area (Å²) in [7, 11) is 0. The van der Waals surface area contributed by atoms with E-state index < -0.39 is 0 Å². The van der Waals surface area contributed by atoms with Crippen molar-refractivity contribution in [3.05, 3.63) is 41.7 Å². The van der Waals surface area contributed by atoms with Crippen molar-refractivity contribution in [2.45, 2.75) is 52.2 Å². The van der Waals surface area contributed by atoms with Crippen LogP contribution in [0.5, 0.6) is 0 Å². The lowest BCUT2D eigenvalue weighted by atomic mass is 10.1. The fourth-order valence-electron chi connectivity index (χ4n) is 3.96. The Morgan fingerprint density at radius 2 is 2.14 bits per heavy atom. The van der Waals surface area contributed by atoms with Crippen molar-refractivity contribution >= 4 is 23.2 Å². The maximum Gasteiger partial charge on any atom is 0.229 e. The molecule has 1 aromatic heterocycles. The normalized spacial score (nSPS) is 22.1. The van der Waals surface area contributed by atoms with Crippen molar-refractivity contribution in [1.29, 1.82) is 0 Å². The van der Waals surface area contributed by atoms with Gasteiger partial charge in [-0.15, -0.1) is 0 Å². The zero-order valence-electron chi connectivity index (χ0n) is 17.1. The first-order valence-electron chi connectivity index (χ1n) is 10.3. The van der Waals surface area contributed by atoms with E-state index in [1.165, 1.54) is 12.0 Å². The Balaban J connectivity index is 1.35. The molecule has 2 saturated heterocycles. The van der Waals surface area contributed by atoms with E-state index in [0.29, 0.717) is 18.8 Å². The molecule has 29 heavy (non-hydrogen) atoms. The lowest BCUT2D eigenvalue weighted by Crippen LogP contribution is -2.28. The molecule has 0 spiro atoms.